The van der Waals surface area contributed by atoms with Crippen molar-refractivity contribution in [1.82, 2.24) is 5.32 Å². The third-order valence-corrected chi connectivity index (χ3v) is 4.13. The van der Waals surface area contributed by atoms with Gasteiger partial charge in [0.1, 0.15) is 5.82 Å². The lowest BCUT2D eigenvalue weighted by molar-refractivity contribution is -0.00630. The molecule has 1 aliphatic carbocycles. The van der Waals surface area contributed by atoms with Gasteiger partial charge in [-0.05, 0) is 55.4 Å². The highest BCUT2D eigenvalue weighted by Crippen LogP contribution is 2.31. The number of rotatable bonds is 4. The molecule has 0 heterocycles. The Morgan fingerprint density at radius 3 is 2.68 bits per heavy atom. The number of nitrogens with one attached hydrogen (secondary N) is 1. The molecule has 19 heavy (non-hydrogen) atoms. The van der Waals surface area contributed by atoms with Gasteiger partial charge in [-0.1, -0.05) is 18.5 Å². The van der Waals surface area contributed by atoms with Crippen molar-refractivity contribution in [3.8, 4) is 0 Å². The van der Waals surface area contributed by atoms with E-state index in [0.29, 0.717) is 24.0 Å². The lowest BCUT2D eigenvalue weighted by atomic mass is 9.79. The number of hydrogen-bond acceptors (Lipinski definition) is 2. The summed E-state index contributed by atoms with van der Waals surface area (Å²) in [6, 6.07) is 4.50. The molecule has 1 aromatic rings. The Balaban J connectivity index is 1.83. The van der Waals surface area contributed by atoms with Crippen LogP contribution in [0.4, 0.5) is 4.39 Å². The number of aliphatic hydroxyl groups is 1. The SMILES string of the molecule is CC1CCC(O)(CNCc2cc(F)cc(Cl)c2)CC1. The lowest BCUT2D eigenvalue weighted by Crippen LogP contribution is -2.43. The molecule has 4 heteroatoms. The van der Waals surface area contributed by atoms with Crippen LogP contribution in [0.25, 0.3) is 0 Å². The third-order valence-electron chi connectivity index (χ3n) is 3.91. The maximum Gasteiger partial charge on any atom is 0.125 e. The Hall–Kier alpha value is -0.640. The van der Waals surface area contributed by atoms with E-state index in [0.717, 1.165) is 31.2 Å². The first-order chi connectivity index (χ1) is 8.97. The van der Waals surface area contributed by atoms with E-state index in [1.165, 1.54) is 12.1 Å². The summed E-state index contributed by atoms with van der Waals surface area (Å²) in [5.41, 5.74) is 0.196. The first-order valence-electron chi connectivity index (χ1n) is 6.85. The zero-order valence-electron chi connectivity index (χ0n) is 11.3. The van der Waals surface area contributed by atoms with Crippen LogP contribution in [0.5, 0.6) is 0 Å². The first kappa shape index (κ1) is 14.8. The molecule has 0 atom stereocenters. The van der Waals surface area contributed by atoms with Gasteiger partial charge in [-0.25, -0.2) is 4.39 Å². The van der Waals surface area contributed by atoms with Gasteiger partial charge in [-0.2, -0.15) is 0 Å². The predicted molar refractivity (Wildman–Crippen MR) is 75.7 cm³/mol. The Labute approximate surface area is 119 Å². The van der Waals surface area contributed by atoms with Crippen molar-refractivity contribution in [2.45, 2.75) is 44.8 Å². The zero-order valence-corrected chi connectivity index (χ0v) is 12.0. The van der Waals surface area contributed by atoms with Gasteiger partial charge in [0.2, 0.25) is 0 Å². The minimum Gasteiger partial charge on any atom is -0.389 e. The highest BCUT2D eigenvalue weighted by Gasteiger charge is 2.31. The van der Waals surface area contributed by atoms with Crippen molar-refractivity contribution in [1.29, 1.82) is 0 Å². The van der Waals surface area contributed by atoms with Gasteiger partial charge in [-0.3, -0.25) is 0 Å². The summed E-state index contributed by atoms with van der Waals surface area (Å²) in [6.07, 6.45) is 3.82. The second-order valence-corrected chi connectivity index (χ2v) is 6.22. The summed E-state index contributed by atoms with van der Waals surface area (Å²) in [7, 11) is 0. The van der Waals surface area contributed by atoms with Crippen LogP contribution >= 0.6 is 11.6 Å². The van der Waals surface area contributed by atoms with Crippen LogP contribution in [-0.2, 0) is 6.54 Å². The molecule has 1 fully saturated rings. The van der Waals surface area contributed by atoms with E-state index >= 15 is 0 Å². The summed E-state index contributed by atoms with van der Waals surface area (Å²) in [5, 5.41) is 14.0. The molecule has 0 aromatic heterocycles. The second kappa shape index (κ2) is 6.21. The molecule has 2 rings (SSSR count). The van der Waals surface area contributed by atoms with Gasteiger partial charge in [0, 0.05) is 18.1 Å². The Kier molecular flexibility index (Phi) is 4.82. The van der Waals surface area contributed by atoms with Gasteiger partial charge in [0.15, 0.2) is 0 Å². The molecule has 1 saturated carbocycles. The monoisotopic (exact) mass is 285 g/mol. The highest BCUT2D eigenvalue weighted by atomic mass is 35.5. The third kappa shape index (κ3) is 4.44. The molecule has 2 N–H and O–H groups in total. The molecular weight excluding hydrogens is 265 g/mol. The van der Waals surface area contributed by atoms with E-state index in [1.54, 1.807) is 6.07 Å². The van der Waals surface area contributed by atoms with Crippen LogP contribution in [0.3, 0.4) is 0 Å². The average molecular weight is 286 g/mol. The Morgan fingerprint density at radius 1 is 1.37 bits per heavy atom. The van der Waals surface area contributed by atoms with Gasteiger partial charge in [0.25, 0.3) is 0 Å². The highest BCUT2D eigenvalue weighted by molar-refractivity contribution is 6.30. The Bertz CT molecular complexity index is 410. The van der Waals surface area contributed by atoms with E-state index in [4.69, 9.17) is 11.6 Å². The van der Waals surface area contributed by atoms with Crippen molar-refractivity contribution in [2.24, 2.45) is 5.92 Å². The molecule has 0 aliphatic heterocycles. The van der Waals surface area contributed by atoms with E-state index in [9.17, 15) is 9.50 Å². The standard InChI is InChI=1S/C15H21ClFNO/c1-11-2-4-15(19,5-3-11)10-18-9-12-6-13(16)8-14(17)7-12/h6-8,11,18-19H,2-5,9-10H2,1H3. The van der Waals surface area contributed by atoms with Crippen molar-refractivity contribution >= 4 is 11.6 Å². The Morgan fingerprint density at radius 2 is 2.05 bits per heavy atom. The topological polar surface area (TPSA) is 32.3 Å². The lowest BCUT2D eigenvalue weighted by Gasteiger charge is -2.35. The summed E-state index contributed by atoms with van der Waals surface area (Å²) in [5.74, 6) is 0.386. The molecule has 0 spiro atoms. The van der Waals surface area contributed by atoms with Crippen LogP contribution < -0.4 is 5.32 Å². The smallest absolute Gasteiger partial charge is 0.125 e. The molecule has 0 saturated heterocycles. The van der Waals surface area contributed by atoms with Gasteiger partial charge >= 0.3 is 0 Å². The van der Waals surface area contributed by atoms with E-state index < -0.39 is 5.60 Å². The van der Waals surface area contributed by atoms with Gasteiger partial charge in [0.05, 0.1) is 5.60 Å². The maximum atomic E-state index is 13.2. The normalized spacial score (nSPS) is 27.5. The van der Waals surface area contributed by atoms with Crippen LogP contribution in [0.2, 0.25) is 5.02 Å². The summed E-state index contributed by atoms with van der Waals surface area (Å²) in [4.78, 5) is 0. The number of hydrogen-bond donors (Lipinski definition) is 2. The fourth-order valence-corrected chi connectivity index (χ4v) is 2.87. The molecular formula is C15H21ClFNO. The van der Waals surface area contributed by atoms with Gasteiger partial charge in [-0.15, -0.1) is 0 Å². The van der Waals surface area contributed by atoms with Crippen molar-refractivity contribution in [3.05, 3.63) is 34.6 Å². The van der Waals surface area contributed by atoms with Crippen LogP contribution in [0, 0.1) is 11.7 Å². The summed E-state index contributed by atoms with van der Waals surface area (Å²) in [6.45, 7) is 3.30. The maximum absolute atomic E-state index is 13.2. The van der Waals surface area contributed by atoms with E-state index in [2.05, 4.69) is 12.2 Å². The quantitative estimate of drug-likeness (QED) is 0.887. The second-order valence-electron chi connectivity index (χ2n) is 5.79. The van der Waals surface area contributed by atoms with E-state index in [1.807, 2.05) is 0 Å². The fraction of sp³-hybridized carbons (Fsp3) is 0.600. The average Bonchev–Trinajstić information content (AvgIpc) is 2.32. The van der Waals surface area contributed by atoms with Crippen LogP contribution in [0.1, 0.15) is 38.2 Å². The minimum absolute atomic E-state index is 0.325. The van der Waals surface area contributed by atoms with Crippen LogP contribution in [0.15, 0.2) is 18.2 Å². The number of benzene rings is 1. The number of halogens is 2. The minimum atomic E-state index is -0.608. The van der Waals surface area contributed by atoms with E-state index in [-0.39, 0.29) is 5.82 Å². The largest absolute Gasteiger partial charge is 0.389 e. The van der Waals surface area contributed by atoms with Crippen molar-refractivity contribution in [2.75, 3.05) is 6.54 Å². The van der Waals surface area contributed by atoms with Gasteiger partial charge < -0.3 is 10.4 Å². The van der Waals surface area contributed by atoms with Crippen LogP contribution in [-0.4, -0.2) is 17.3 Å². The summed E-state index contributed by atoms with van der Waals surface area (Å²) >= 11 is 5.80. The predicted octanol–water partition coefficient (Wildman–Crippen LogP) is 3.51. The summed E-state index contributed by atoms with van der Waals surface area (Å²) < 4.78 is 13.2. The fourth-order valence-electron chi connectivity index (χ4n) is 2.63. The molecule has 106 valence electrons. The van der Waals surface area contributed by atoms with Crippen molar-refractivity contribution in [3.63, 3.8) is 0 Å². The molecule has 0 bridgehead atoms. The molecule has 1 aliphatic rings. The molecule has 2 nitrogen and oxygen atoms in total. The molecule has 1 aromatic carbocycles. The molecule has 0 amide bonds. The van der Waals surface area contributed by atoms with Crippen molar-refractivity contribution < 1.29 is 9.50 Å². The molecule has 0 unspecified atom stereocenters. The zero-order chi connectivity index (χ0) is 13.9. The molecule has 0 radical (unpaired) electrons. The first-order valence-corrected chi connectivity index (χ1v) is 7.23.